The van der Waals surface area contributed by atoms with Gasteiger partial charge in [0, 0.05) is 13.7 Å². The summed E-state index contributed by atoms with van der Waals surface area (Å²) in [5, 5.41) is 5.24. The first-order valence-corrected chi connectivity index (χ1v) is 44.1. The Morgan fingerprint density at radius 2 is 0.407 bits per heavy atom. The van der Waals surface area contributed by atoms with Crippen LogP contribution in [0.4, 0.5) is 0 Å². The van der Waals surface area contributed by atoms with Crippen molar-refractivity contribution in [1.82, 2.24) is 0 Å². The number of rotatable bonds is 5. The van der Waals surface area contributed by atoms with Crippen molar-refractivity contribution in [3.8, 4) is 0 Å². The Kier molecular flexibility index (Phi) is 234. The molecule has 6 fully saturated rings. The third-order valence-electron chi connectivity index (χ3n) is 17.7. The van der Waals surface area contributed by atoms with E-state index in [4.69, 9.17) is 14.2 Å². The maximum atomic E-state index is 5.27. The summed E-state index contributed by atoms with van der Waals surface area (Å²) in [6.07, 6.45) is 36.2. The van der Waals surface area contributed by atoms with E-state index in [9.17, 15) is 0 Å². The Bertz CT molecular complexity index is 2190. The summed E-state index contributed by atoms with van der Waals surface area (Å²) in [7, 11) is 1.71. The van der Waals surface area contributed by atoms with Gasteiger partial charge in [-0.1, -0.05) is 633 Å². The van der Waals surface area contributed by atoms with Gasteiger partial charge in [-0.25, -0.2) is 0 Å². The SMILES string of the molecule is C.C.C.C.C.C.C.C.C.C.C.C.C.C.C.C.C.C.C1CCC2CCCCC2C1.C1CCC2CCCCC2C1.CC.CC.CC.CC.CC.CC.CC.CC.CC1COC(C)CO1.CCC.CCC1CC(CC)C1.CCCC.CCCOC.Cc1ccccc1.Cc1ccccc1.Cc1ccccc1.c1ccc2ccccc2c1.c1ccc2ccccc2c1. The first-order chi connectivity index (χ1) is 51.4. The Morgan fingerprint density at radius 1 is 0.252 bits per heavy atom. The maximum Gasteiger partial charge on any atom is 0.0781 e. The van der Waals surface area contributed by atoms with Crippen molar-refractivity contribution in [2.75, 3.05) is 26.9 Å². The summed E-state index contributed by atoms with van der Waals surface area (Å²) in [4.78, 5) is 0. The second-order valence-corrected chi connectivity index (χ2v) is 25.8. The molecule has 0 spiro atoms. The van der Waals surface area contributed by atoms with Gasteiger partial charge < -0.3 is 14.2 Å². The number of benzene rings is 7. The fourth-order valence-corrected chi connectivity index (χ4v) is 12.0. The highest BCUT2D eigenvalue weighted by atomic mass is 16.6. The van der Waals surface area contributed by atoms with Gasteiger partial charge in [0.25, 0.3) is 0 Å². The van der Waals surface area contributed by atoms with Gasteiger partial charge in [0.1, 0.15) is 0 Å². The average molecular weight is 1740 g/mol. The van der Waals surface area contributed by atoms with E-state index in [1.165, 1.54) is 135 Å². The second kappa shape index (κ2) is 154. The van der Waals surface area contributed by atoms with Crippen LogP contribution in [0.25, 0.3) is 21.5 Å². The quantitative estimate of drug-likeness (QED) is 0.172. The molecule has 13 rings (SSSR count). The van der Waals surface area contributed by atoms with E-state index >= 15 is 0 Å². The fraction of sp³-hybridized carbons (Fsp3) is 0.683. The molecule has 3 heteroatoms. The normalized spacial score (nSPS) is 15.8. The lowest BCUT2D eigenvalue weighted by atomic mass is 9.71. The molecule has 2 unspecified atom stereocenters. The highest BCUT2D eigenvalue weighted by Crippen LogP contribution is 2.41. The molecular weight excluding hydrogens is 1490 g/mol. The van der Waals surface area contributed by atoms with E-state index in [2.05, 4.69) is 203 Å². The maximum absolute atomic E-state index is 5.27. The molecule has 7 aromatic rings. The lowest BCUT2D eigenvalue weighted by Crippen LogP contribution is -2.31. The van der Waals surface area contributed by atoms with Gasteiger partial charge in [-0.15, -0.1) is 0 Å². The van der Waals surface area contributed by atoms with Gasteiger partial charge in [-0.2, -0.15) is 0 Å². The van der Waals surface area contributed by atoms with Crippen LogP contribution in [-0.4, -0.2) is 39.1 Å². The molecule has 123 heavy (non-hydrogen) atoms. The Labute approximate surface area is 791 Å². The number of fused-ring (bicyclic) bond motifs is 4. The zero-order valence-corrected chi connectivity index (χ0v) is 75.3. The van der Waals surface area contributed by atoms with Gasteiger partial charge in [0.05, 0.1) is 25.4 Å². The molecule has 1 aliphatic heterocycles. The van der Waals surface area contributed by atoms with Crippen molar-refractivity contribution in [2.24, 2.45) is 35.5 Å². The largest absolute Gasteiger partial charge is 0.385 e. The Morgan fingerprint density at radius 3 is 0.504 bits per heavy atom. The van der Waals surface area contributed by atoms with Crippen LogP contribution in [0.2, 0.25) is 0 Å². The van der Waals surface area contributed by atoms with E-state index in [1.54, 1.807) is 58.5 Å². The van der Waals surface area contributed by atoms with Gasteiger partial charge in [0.2, 0.25) is 0 Å². The molecule has 5 saturated carbocycles. The van der Waals surface area contributed by atoms with Crippen molar-refractivity contribution in [3.05, 3.63) is 205 Å². The predicted molar refractivity (Wildman–Crippen MR) is 608 cm³/mol. The van der Waals surface area contributed by atoms with Gasteiger partial charge in [0.15, 0.2) is 0 Å². The van der Waals surface area contributed by atoms with Gasteiger partial charge >= 0.3 is 0 Å². The van der Waals surface area contributed by atoms with Crippen molar-refractivity contribution >= 4 is 21.5 Å². The number of hydrogen-bond donors (Lipinski definition) is 0. The molecule has 0 radical (unpaired) electrons. The minimum absolute atomic E-state index is 0. The Balaban J connectivity index is -0.0000000363. The van der Waals surface area contributed by atoms with Crippen LogP contribution in [0.1, 0.15) is 478 Å². The predicted octanol–water partition coefficient (Wildman–Crippen LogP) is 46.0. The zero-order valence-electron chi connectivity index (χ0n) is 75.3. The molecule has 6 aliphatic rings. The van der Waals surface area contributed by atoms with E-state index in [1.807, 2.05) is 179 Å². The lowest BCUT2D eigenvalue weighted by molar-refractivity contribution is -0.119. The fourth-order valence-electron chi connectivity index (χ4n) is 12.0. The summed E-state index contributed by atoms with van der Waals surface area (Å²) in [5.41, 5.74) is 3.97. The minimum Gasteiger partial charge on any atom is -0.385 e. The standard InChI is InChI=1S/2C10H18.2C10H8.C8H16.3C7H8.C6H12O2.C4H10O.C4H10.C3H8.8C2H6.18CH4/c4*1-2-6-10-8-4-3-7-9(10)5-1;1-3-7-5-8(4-2)6-7;3*1-7-5-3-2-4-6-7;1-5-3-8-6(2)4-7-5;1-3-4-5-2;1-3-4-2;1-3-2;8*1-2;;;;;;;;;;;;;;;;;;/h2*9-10H,1-8H2;2*1-8H;7-8H,3-6H2,1-2H3;3*2-6H,1H3;5-6H,3-4H2,1-2H3;3-4H2,1-2H3;3-4H2,1-2H3;3H2,1-2H3;8*1-2H3;18*1H4. The number of unbranched alkanes of at least 4 members (excludes halogenated alkanes) is 1. The zero-order chi connectivity index (χ0) is 80.8. The highest BCUT2D eigenvalue weighted by molar-refractivity contribution is 5.82. The Hall–Kier alpha value is -5.06. The molecule has 3 nitrogen and oxygen atoms in total. The van der Waals surface area contributed by atoms with Crippen LogP contribution >= 0.6 is 0 Å². The molecule has 5 aliphatic carbocycles. The molecule has 0 amide bonds. The molecule has 0 N–H and O–H groups in total. The summed E-state index contributed by atoms with van der Waals surface area (Å²) in [6.45, 7) is 60.0. The first kappa shape index (κ1) is 187. The highest BCUT2D eigenvalue weighted by Gasteiger charge is 2.28. The summed E-state index contributed by atoms with van der Waals surface area (Å²) in [5.74, 6) is 6.81. The molecule has 1 heterocycles. The van der Waals surface area contributed by atoms with Gasteiger partial charge in [-0.3, -0.25) is 0 Å². The molecule has 7 aromatic carbocycles. The van der Waals surface area contributed by atoms with Crippen molar-refractivity contribution in [2.45, 2.75) is 494 Å². The third-order valence-corrected chi connectivity index (χ3v) is 17.7. The van der Waals surface area contributed by atoms with Gasteiger partial charge in [-0.05, 0) is 111 Å². The van der Waals surface area contributed by atoms with E-state index in [0.717, 1.165) is 61.7 Å². The summed E-state index contributed by atoms with van der Waals surface area (Å²) < 4.78 is 15.2. The number of methoxy groups -OCH3 is 1. The molecule has 1 saturated heterocycles. The van der Waals surface area contributed by atoms with Crippen LogP contribution in [0.5, 0.6) is 0 Å². The number of hydrogen-bond acceptors (Lipinski definition) is 3. The van der Waals surface area contributed by atoms with Crippen LogP contribution in [0, 0.1) is 56.3 Å². The van der Waals surface area contributed by atoms with Crippen LogP contribution in [0.3, 0.4) is 0 Å². The van der Waals surface area contributed by atoms with Crippen LogP contribution in [0.15, 0.2) is 188 Å². The topological polar surface area (TPSA) is 27.7 Å². The molecule has 0 bridgehead atoms. The second-order valence-electron chi connectivity index (χ2n) is 25.8. The minimum atomic E-state index is 0. The first-order valence-electron chi connectivity index (χ1n) is 44.1. The smallest absolute Gasteiger partial charge is 0.0781 e. The molecule has 2 atom stereocenters. The van der Waals surface area contributed by atoms with Crippen molar-refractivity contribution < 1.29 is 14.2 Å². The third kappa shape index (κ3) is 115. The van der Waals surface area contributed by atoms with Crippen molar-refractivity contribution in [1.29, 1.82) is 0 Å². The molecule has 750 valence electrons. The van der Waals surface area contributed by atoms with Crippen LogP contribution in [-0.2, 0) is 14.2 Å². The van der Waals surface area contributed by atoms with Crippen molar-refractivity contribution in [3.63, 3.8) is 0 Å². The van der Waals surface area contributed by atoms with E-state index in [-0.39, 0.29) is 134 Å². The van der Waals surface area contributed by atoms with Crippen LogP contribution < -0.4 is 0 Å². The number of ether oxygens (including phenoxy) is 3. The lowest BCUT2D eigenvalue weighted by Gasteiger charge is -2.35. The van der Waals surface area contributed by atoms with E-state index < -0.39 is 0 Å². The van der Waals surface area contributed by atoms with E-state index in [0.29, 0.717) is 12.2 Å². The molecule has 0 aromatic heterocycles. The summed E-state index contributed by atoms with van der Waals surface area (Å²) >= 11 is 0. The average Bonchev–Trinajstić information content (AvgIpc) is 0.893. The summed E-state index contributed by atoms with van der Waals surface area (Å²) in [6, 6.07) is 64.2. The monoisotopic (exact) mass is 1740 g/mol. The molecular formula is C120H252O3. The number of aryl methyl sites for hydroxylation is 3.